The lowest BCUT2D eigenvalue weighted by Gasteiger charge is -2.18. The standard InChI is InChI=1S/C19H24N2O3/c1-14(24-17-7-5-4-6-8-17)19(23)20-13-18(22)15-9-11-16(12-10-15)21(2)3/h4-12,14,18,22H,13H2,1-3H3,(H,20,23)/t14-,18-/m1/s1. The van der Waals surface area contributed by atoms with Gasteiger partial charge in [-0.1, -0.05) is 30.3 Å². The van der Waals surface area contributed by atoms with Crippen molar-refractivity contribution >= 4 is 11.6 Å². The summed E-state index contributed by atoms with van der Waals surface area (Å²) in [6.07, 6.45) is -1.38. The number of benzene rings is 2. The number of hydrogen-bond donors (Lipinski definition) is 2. The largest absolute Gasteiger partial charge is 0.481 e. The Morgan fingerprint density at radius 2 is 1.75 bits per heavy atom. The quantitative estimate of drug-likeness (QED) is 0.819. The van der Waals surface area contributed by atoms with Crippen molar-refractivity contribution in [1.82, 2.24) is 5.32 Å². The Kier molecular flexibility index (Phi) is 6.21. The number of aliphatic hydroxyl groups excluding tert-OH is 1. The second kappa shape index (κ2) is 8.36. The number of anilines is 1. The summed E-state index contributed by atoms with van der Waals surface area (Å²) in [6, 6.07) is 16.8. The maximum atomic E-state index is 12.1. The summed E-state index contributed by atoms with van der Waals surface area (Å²) < 4.78 is 5.56. The van der Waals surface area contributed by atoms with Crippen LogP contribution in [0.4, 0.5) is 5.69 Å². The monoisotopic (exact) mass is 328 g/mol. The maximum absolute atomic E-state index is 12.1. The van der Waals surface area contributed by atoms with Gasteiger partial charge in [-0.05, 0) is 36.8 Å². The zero-order valence-electron chi connectivity index (χ0n) is 14.3. The van der Waals surface area contributed by atoms with E-state index in [4.69, 9.17) is 4.74 Å². The third-order valence-corrected chi connectivity index (χ3v) is 3.69. The van der Waals surface area contributed by atoms with Gasteiger partial charge in [0.1, 0.15) is 5.75 Å². The van der Waals surface area contributed by atoms with E-state index in [0.29, 0.717) is 5.75 Å². The molecule has 0 aromatic heterocycles. The van der Waals surface area contributed by atoms with Crippen LogP contribution in [0, 0.1) is 0 Å². The van der Waals surface area contributed by atoms with E-state index in [0.717, 1.165) is 11.3 Å². The van der Waals surface area contributed by atoms with Gasteiger partial charge in [-0.2, -0.15) is 0 Å². The number of nitrogens with zero attached hydrogens (tertiary/aromatic N) is 1. The molecule has 2 aromatic rings. The van der Waals surface area contributed by atoms with Gasteiger partial charge in [0.25, 0.3) is 5.91 Å². The molecule has 5 heteroatoms. The average Bonchev–Trinajstić information content (AvgIpc) is 2.60. The topological polar surface area (TPSA) is 61.8 Å². The fourth-order valence-electron chi connectivity index (χ4n) is 2.21. The summed E-state index contributed by atoms with van der Waals surface area (Å²) in [6.45, 7) is 1.82. The number of amides is 1. The molecule has 2 rings (SSSR count). The highest BCUT2D eigenvalue weighted by atomic mass is 16.5. The second-order valence-corrected chi connectivity index (χ2v) is 5.82. The molecule has 0 radical (unpaired) electrons. The molecule has 0 aliphatic rings. The Labute approximate surface area is 142 Å². The summed E-state index contributed by atoms with van der Waals surface area (Å²) >= 11 is 0. The molecular weight excluding hydrogens is 304 g/mol. The predicted molar refractivity (Wildman–Crippen MR) is 95.3 cm³/mol. The zero-order valence-corrected chi connectivity index (χ0v) is 14.3. The van der Waals surface area contributed by atoms with Crippen LogP contribution in [0.15, 0.2) is 54.6 Å². The molecule has 2 N–H and O–H groups in total. The molecule has 128 valence electrons. The van der Waals surface area contributed by atoms with E-state index in [1.165, 1.54) is 0 Å². The van der Waals surface area contributed by atoms with Crippen molar-refractivity contribution in [2.45, 2.75) is 19.1 Å². The lowest BCUT2D eigenvalue weighted by Crippen LogP contribution is -2.38. The summed E-state index contributed by atoms with van der Waals surface area (Å²) in [5.41, 5.74) is 1.82. The molecule has 2 aromatic carbocycles. The van der Waals surface area contributed by atoms with Crippen LogP contribution in [0.3, 0.4) is 0 Å². The Bertz CT molecular complexity index is 641. The Hall–Kier alpha value is -2.53. The zero-order chi connectivity index (χ0) is 17.5. The number of ether oxygens (including phenoxy) is 1. The minimum absolute atomic E-state index is 0.142. The van der Waals surface area contributed by atoms with Gasteiger partial charge in [-0.25, -0.2) is 0 Å². The van der Waals surface area contributed by atoms with Crippen molar-refractivity contribution in [2.75, 3.05) is 25.5 Å². The van der Waals surface area contributed by atoms with Gasteiger partial charge in [0.2, 0.25) is 0 Å². The van der Waals surface area contributed by atoms with E-state index < -0.39 is 12.2 Å². The fraction of sp³-hybridized carbons (Fsp3) is 0.316. The SMILES string of the molecule is C[C@@H](Oc1ccccc1)C(=O)NC[C@@H](O)c1ccc(N(C)C)cc1. The van der Waals surface area contributed by atoms with Gasteiger partial charge < -0.3 is 20.1 Å². The van der Waals surface area contributed by atoms with E-state index in [1.807, 2.05) is 61.5 Å². The normalized spacial score (nSPS) is 13.0. The van der Waals surface area contributed by atoms with E-state index in [2.05, 4.69) is 5.32 Å². The molecule has 0 fully saturated rings. The van der Waals surface area contributed by atoms with Gasteiger partial charge in [-0.3, -0.25) is 4.79 Å². The number of rotatable bonds is 7. The summed E-state index contributed by atoms with van der Waals surface area (Å²) in [7, 11) is 3.92. The molecule has 0 bridgehead atoms. The number of hydrogen-bond acceptors (Lipinski definition) is 4. The van der Waals surface area contributed by atoms with Gasteiger partial charge in [-0.15, -0.1) is 0 Å². The molecule has 0 saturated heterocycles. The minimum Gasteiger partial charge on any atom is -0.481 e. The lowest BCUT2D eigenvalue weighted by atomic mass is 10.1. The number of aliphatic hydroxyl groups is 1. The van der Waals surface area contributed by atoms with Crippen LogP contribution < -0.4 is 15.0 Å². The van der Waals surface area contributed by atoms with Crippen LogP contribution in [0.2, 0.25) is 0 Å². The van der Waals surface area contributed by atoms with Crippen molar-refractivity contribution in [2.24, 2.45) is 0 Å². The van der Waals surface area contributed by atoms with Gasteiger partial charge in [0.15, 0.2) is 6.10 Å². The molecule has 0 saturated carbocycles. The smallest absolute Gasteiger partial charge is 0.260 e. The van der Waals surface area contributed by atoms with E-state index in [1.54, 1.807) is 19.1 Å². The molecular formula is C19H24N2O3. The highest BCUT2D eigenvalue weighted by molar-refractivity contribution is 5.80. The highest BCUT2D eigenvalue weighted by Gasteiger charge is 2.16. The van der Waals surface area contributed by atoms with Crippen LogP contribution in [0.1, 0.15) is 18.6 Å². The van der Waals surface area contributed by atoms with Crippen molar-refractivity contribution in [3.63, 3.8) is 0 Å². The summed E-state index contributed by atoms with van der Waals surface area (Å²) in [5, 5.41) is 12.9. The second-order valence-electron chi connectivity index (χ2n) is 5.82. The van der Waals surface area contributed by atoms with Gasteiger partial charge >= 0.3 is 0 Å². The van der Waals surface area contributed by atoms with Crippen LogP contribution in [-0.2, 0) is 4.79 Å². The third-order valence-electron chi connectivity index (χ3n) is 3.69. The molecule has 2 atom stereocenters. The Balaban J connectivity index is 1.84. The predicted octanol–water partition coefficient (Wildman–Crippen LogP) is 2.37. The van der Waals surface area contributed by atoms with Crippen LogP contribution in [-0.4, -0.2) is 37.8 Å². The summed E-state index contributed by atoms with van der Waals surface area (Å²) in [5.74, 6) is 0.378. The average molecular weight is 328 g/mol. The Morgan fingerprint density at radius 1 is 1.12 bits per heavy atom. The molecule has 1 amide bonds. The molecule has 24 heavy (non-hydrogen) atoms. The van der Waals surface area contributed by atoms with Crippen molar-refractivity contribution in [3.8, 4) is 5.75 Å². The first kappa shape index (κ1) is 17.8. The van der Waals surface area contributed by atoms with E-state index >= 15 is 0 Å². The Morgan fingerprint density at radius 3 is 2.33 bits per heavy atom. The van der Waals surface area contributed by atoms with E-state index in [9.17, 15) is 9.90 Å². The first-order chi connectivity index (χ1) is 11.5. The fourth-order valence-corrected chi connectivity index (χ4v) is 2.21. The lowest BCUT2D eigenvalue weighted by molar-refractivity contribution is -0.127. The summed E-state index contributed by atoms with van der Waals surface area (Å²) in [4.78, 5) is 14.1. The molecule has 0 unspecified atom stereocenters. The van der Waals surface area contributed by atoms with Crippen LogP contribution in [0.5, 0.6) is 5.75 Å². The van der Waals surface area contributed by atoms with Crippen LogP contribution in [0.25, 0.3) is 0 Å². The van der Waals surface area contributed by atoms with Gasteiger partial charge in [0, 0.05) is 26.3 Å². The molecule has 5 nitrogen and oxygen atoms in total. The number of carbonyl (C=O) groups excluding carboxylic acids is 1. The minimum atomic E-state index is -0.755. The van der Waals surface area contributed by atoms with Crippen LogP contribution >= 0.6 is 0 Å². The molecule has 0 aliphatic heterocycles. The van der Waals surface area contributed by atoms with Gasteiger partial charge in [0.05, 0.1) is 6.10 Å². The highest BCUT2D eigenvalue weighted by Crippen LogP contribution is 2.17. The maximum Gasteiger partial charge on any atom is 0.260 e. The van der Waals surface area contributed by atoms with Crippen molar-refractivity contribution in [3.05, 3.63) is 60.2 Å². The van der Waals surface area contributed by atoms with E-state index in [-0.39, 0.29) is 12.5 Å². The first-order valence-corrected chi connectivity index (χ1v) is 7.92. The molecule has 0 spiro atoms. The third kappa shape index (κ3) is 4.99. The number of para-hydroxylation sites is 1. The molecule has 0 aliphatic carbocycles. The first-order valence-electron chi connectivity index (χ1n) is 7.92. The number of carbonyl (C=O) groups is 1. The number of nitrogens with one attached hydrogen (secondary N) is 1. The van der Waals surface area contributed by atoms with Crippen molar-refractivity contribution in [1.29, 1.82) is 0 Å². The molecule has 0 heterocycles. The van der Waals surface area contributed by atoms with Crippen molar-refractivity contribution < 1.29 is 14.6 Å².